The van der Waals surface area contributed by atoms with Crippen molar-refractivity contribution in [3.8, 4) is 0 Å². The molecule has 0 bridgehead atoms. The normalized spacial score (nSPS) is 11.3. The highest BCUT2D eigenvalue weighted by molar-refractivity contribution is 7.85. The molecule has 0 fully saturated rings. The lowest BCUT2D eigenvalue weighted by Crippen LogP contribution is -2.23. The van der Waals surface area contributed by atoms with Crippen LogP contribution in [-0.2, 0) is 23.0 Å². The molecule has 0 spiro atoms. The Bertz CT molecular complexity index is 1400. The average Bonchev–Trinajstić information content (AvgIpc) is 3.04. The molecule has 4 aromatic carbocycles. The van der Waals surface area contributed by atoms with Crippen LogP contribution in [0.3, 0.4) is 0 Å². The molecule has 236 valence electrons. The largest absolute Gasteiger partial charge is 0.294 e. The zero-order valence-corrected chi connectivity index (χ0v) is 28.4. The third-order valence-corrected chi connectivity index (χ3v) is 11.3. The zero-order valence-electron chi connectivity index (χ0n) is 26.7. The summed E-state index contributed by atoms with van der Waals surface area (Å²) >= 11 is 0. The molecule has 3 nitrogen and oxygen atoms in total. The average molecular weight is 631 g/mol. The summed E-state index contributed by atoms with van der Waals surface area (Å²) in [5.41, 5.74) is 2.22. The van der Waals surface area contributed by atoms with Gasteiger partial charge in [0.2, 0.25) is 0 Å². The molecular weight excluding hydrogens is 579 g/mol. The minimum Gasteiger partial charge on any atom is -0.282 e. The summed E-state index contributed by atoms with van der Waals surface area (Å²) in [5.74, 6) is 0. The van der Waals surface area contributed by atoms with Gasteiger partial charge in [0.25, 0.3) is 10.1 Å². The molecule has 0 aliphatic heterocycles. The number of hydrogen-bond acceptors (Lipinski definition) is 2. The van der Waals surface area contributed by atoms with Gasteiger partial charge in [-0.1, -0.05) is 181 Å². The Labute approximate surface area is 268 Å². The highest BCUT2D eigenvalue weighted by atomic mass is 32.2. The second-order valence-electron chi connectivity index (χ2n) is 11.4. The van der Waals surface area contributed by atoms with Crippen molar-refractivity contribution in [1.29, 1.82) is 0 Å². The summed E-state index contributed by atoms with van der Waals surface area (Å²) in [6.07, 6.45) is 15.6. The summed E-state index contributed by atoms with van der Waals surface area (Å²) in [6, 6.07) is 37.5. The number of unbranched alkanes of at least 4 members (excludes halogenated alkanes) is 9. The Hall–Kier alpha value is -2.78. The molecule has 0 amide bonds. The molecule has 0 saturated carbocycles. The SMILES string of the molecule is CCCCCCCCCCCCc1ccccc1S(=O)(=O)O.CCCc1ccccc1P(c1ccccc1)c1ccccc1. The van der Waals surface area contributed by atoms with Crippen LogP contribution in [0.1, 0.15) is 95.6 Å². The highest BCUT2D eigenvalue weighted by Crippen LogP contribution is 2.34. The van der Waals surface area contributed by atoms with Crippen molar-refractivity contribution in [2.75, 3.05) is 0 Å². The summed E-state index contributed by atoms with van der Waals surface area (Å²) in [4.78, 5) is 0.0610. The lowest BCUT2D eigenvalue weighted by atomic mass is 10.0. The van der Waals surface area contributed by atoms with Gasteiger partial charge in [0.15, 0.2) is 0 Å². The van der Waals surface area contributed by atoms with E-state index < -0.39 is 18.0 Å². The van der Waals surface area contributed by atoms with Gasteiger partial charge in [-0.2, -0.15) is 8.42 Å². The summed E-state index contributed by atoms with van der Waals surface area (Å²) in [6.45, 7) is 4.49. The maximum absolute atomic E-state index is 11.3. The van der Waals surface area contributed by atoms with Gasteiger partial charge in [-0.3, -0.25) is 4.55 Å². The summed E-state index contributed by atoms with van der Waals surface area (Å²) in [7, 11) is -4.57. The first-order valence-electron chi connectivity index (χ1n) is 16.5. The topological polar surface area (TPSA) is 54.4 Å². The first-order chi connectivity index (χ1) is 21.5. The van der Waals surface area contributed by atoms with Gasteiger partial charge in [0.05, 0.1) is 4.90 Å². The van der Waals surface area contributed by atoms with Gasteiger partial charge < -0.3 is 0 Å². The molecule has 0 unspecified atom stereocenters. The molecule has 4 aromatic rings. The minimum atomic E-state index is -4.10. The molecule has 0 saturated heterocycles. The van der Waals surface area contributed by atoms with Crippen LogP contribution >= 0.6 is 7.92 Å². The molecule has 5 heteroatoms. The van der Waals surface area contributed by atoms with Gasteiger partial charge in [-0.15, -0.1) is 0 Å². The van der Waals surface area contributed by atoms with Crippen molar-refractivity contribution < 1.29 is 13.0 Å². The van der Waals surface area contributed by atoms with E-state index in [2.05, 4.69) is 98.8 Å². The molecule has 0 radical (unpaired) electrons. The van der Waals surface area contributed by atoms with E-state index in [9.17, 15) is 13.0 Å². The molecule has 44 heavy (non-hydrogen) atoms. The number of aryl methyl sites for hydroxylation is 2. The molecule has 4 rings (SSSR count). The maximum atomic E-state index is 11.3. The van der Waals surface area contributed by atoms with Crippen LogP contribution in [0.2, 0.25) is 0 Å². The van der Waals surface area contributed by atoms with Crippen LogP contribution in [0, 0.1) is 0 Å². The Kier molecular flexibility index (Phi) is 16.5. The van der Waals surface area contributed by atoms with Crippen LogP contribution < -0.4 is 15.9 Å². The fraction of sp³-hybridized carbons (Fsp3) is 0.385. The standard InChI is InChI=1S/C21H21P.C18H30O3S/c1-2-11-18-12-9-10-17-21(18)22(19-13-5-3-6-14-19)20-15-7-4-8-16-20;1-2-3-4-5-6-7-8-9-10-11-14-17-15-12-13-16-18(17)22(19,20)21/h3-10,12-17H,2,11H2,1H3;12-13,15-16H,2-11,14H2,1H3,(H,19,20,21). The summed E-state index contributed by atoms with van der Waals surface area (Å²) in [5, 5.41) is 4.34. The Morgan fingerprint density at radius 1 is 0.500 bits per heavy atom. The van der Waals surface area contributed by atoms with Crippen LogP contribution in [0.15, 0.2) is 114 Å². The van der Waals surface area contributed by atoms with E-state index in [0.29, 0.717) is 6.42 Å². The second-order valence-corrected chi connectivity index (χ2v) is 15.0. The van der Waals surface area contributed by atoms with Crippen molar-refractivity contribution in [3.05, 3.63) is 120 Å². The number of hydrogen-bond donors (Lipinski definition) is 1. The van der Waals surface area contributed by atoms with Gasteiger partial charge in [0.1, 0.15) is 0 Å². The first-order valence-corrected chi connectivity index (χ1v) is 19.3. The van der Waals surface area contributed by atoms with Gasteiger partial charge in [-0.05, 0) is 60.3 Å². The number of rotatable bonds is 17. The van der Waals surface area contributed by atoms with Crippen LogP contribution in [0.25, 0.3) is 0 Å². The fourth-order valence-electron chi connectivity index (χ4n) is 5.56. The van der Waals surface area contributed by atoms with Crippen molar-refractivity contribution in [2.24, 2.45) is 0 Å². The maximum Gasteiger partial charge on any atom is 0.294 e. The lowest BCUT2D eigenvalue weighted by molar-refractivity contribution is 0.481. The van der Waals surface area contributed by atoms with Crippen LogP contribution in [-0.4, -0.2) is 13.0 Å². The van der Waals surface area contributed by atoms with Crippen molar-refractivity contribution in [1.82, 2.24) is 0 Å². The molecular formula is C39H51O3PS. The quantitative estimate of drug-likeness (QED) is 0.0718. The lowest BCUT2D eigenvalue weighted by Gasteiger charge is -2.22. The fourth-order valence-corrected chi connectivity index (χ4v) is 8.81. The molecule has 1 N–H and O–H groups in total. The monoisotopic (exact) mass is 630 g/mol. The molecule has 0 aromatic heterocycles. The van der Waals surface area contributed by atoms with Gasteiger partial charge in [-0.25, -0.2) is 0 Å². The van der Waals surface area contributed by atoms with E-state index in [0.717, 1.165) is 24.8 Å². The minimum absolute atomic E-state index is 0.0610. The van der Waals surface area contributed by atoms with E-state index in [1.807, 2.05) is 6.07 Å². The second kappa shape index (κ2) is 20.3. The predicted octanol–water partition coefficient (Wildman–Crippen LogP) is 9.79. The zero-order chi connectivity index (χ0) is 31.5. The van der Waals surface area contributed by atoms with E-state index >= 15 is 0 Å². The van der Waals surface area contributed by atoms with Crippen molar-refractivity contribution in [2.45, 2.75) is 102 Å². The van der Waals surface area contributed by atoms with Crippen molar-refractivity contribution >= 4 is 34.0 Å². The predicted molar refractivity (Wildman–Crippen MR) is 191 cm³/mol. The molecule has 0 heterocycles. The van der Waals surface area contributed by atoms with Crippen molar-refractivity contribution in [3.63, 3.8) is 0 Å². The van der Waals surface area contributed by atoms with Gasteiger partial charge in [0, 0.05) is 0 Å². The third-order valence-electron chi connectivity index (χ3n) is 7.83. The van der Waals surface area contributed by atoms with Crippen LogP contribution in [0.5, 0.6) is 0 Å². The smallest absolute Gasteiger partial charge is 0.282 e. The molecule has 0 aliphatic carbocycles. The Morgan fingerprint density at radius 3 is 1.48 bits per heavy atom. The highest BCUT2D eigenvalue weighted by Gasteiger charge is 2.18. The summed E-state index contributed by atoms with van der Waals surface area (Å²) < 4.78 is 31.8. The van der Waals surface area contributed by atoms with E-state index in [1.54, 1.807) is 12.1 Å². The molecule has 0 aliphatic rings. The van der Waals surface area contributed by atoms with Gasteiger partial charge >= 0.3 is 0 Å². The van der Waals surface area contributed by atoms with E-state index in [1.165, 1.54) is 85.3 Å². The Morgan fingerprint density at radius 2 is 0.955 bits per heavy atom. The third kappa shape index (κ3) is 12.3. The first kappa shape index (κ1) is 35.7. The van der Waals surface area contributed by atoms with E-state index in [4.69, 9.17) is 0 Å². The van der Waals surface area contributed by atoms with Crippen LogP contribution in [0.4, 0.5) is 0 Å². The van der Waals surface area contributed by atoms with E-state index in [-0.39, 0.29) is 4.90 Å². The molecule has 0 atom stereocenters. The Balaban J connectivity index is 0.000000240. The number of benzene rings is 4.